The molecular weight excluding hydrogens is 380 g/mol. The summed E-state index contributed by atoms with van der Waals surface area (Å²) >= 11 is 0. The van der Waals surface area contributed by atoms with Crippen molar-refractivity contribution in [1.82, 2.24) is 19.7 Å². The summed E-state index contributed by atoms with van der Waals surface area (Å²) in [4.78, 5) is 16.6. The van der Waals surface area contributed by atoms with Gasteiger partial charge >= 0.3 is 12.2 Å². The van der Waals surface area contributed by atoms with E-state index >= 15 is 0 Å². The molecule has 2 aromatic heterocycles. The Kier molecular flexibility index (Phi) is 5.35. The average molecular weight is 394 g/mol. The van der Waals surface area contributed by atoms with Crippen molar-refractivity contribution in [2.75, 3.05) is 13.1 Å². The number of alkyl halides is 3. The fourth-order valence-electron chi connectivity index (χ4n) is 2.17. The lowest BCUT2D eigenvalue weighted by Gasteiger charge is -2.17. The van der Waals surface area contributed by atoms with Crippen molar-refractivity contribution in [3.05, 3.63) is 35.9 Å². The van der Waals surface area contributed by atoms with Crippen LogP contribution in [-0.4, -0.2) is 47.2 Å². The third-order valence-corrected chi connectivity index (χ3v) is 5.07. The minimum Gasteiger partial charge on any atom is -0.323 e. The standard InChI is InChI=1S/C14H14F4N4O3S/c1-3-21(4-2)13(23)22-8-10(15)12(20-22)26(24,25)11-9(14(16,17)18)6-5-7-19-11/h5-8H,3-4H2,1-2H3. The number of halogens is 4. The van der Waals surface area contributed by atoms with Crippen LogP contribution >= 0.6 is 0 Å². The van der Waals surface area contributed by atoms with Gasteiger partial charge in [0.15, 0.2) is 10.8 Å². The second kappa shape index (κ2) is 7.02. The van der Waals surface area contributed by atoms with Crippen molar-refractivity contribution >= 4 is 15.9 Å². The Morgan fingerprint density at radius 1 is 1.23 bits per heavy atom. The van der Waals surface area contributed by atoms with Gasteiger partial charge in [0.1, 0.15) is 0 Å². The first-order chi connectivity index (χ1) is 12.0. The Labute approximate surface area is 146 Å². The molecule has 0 saturated carbocycles. The summed E-state index contributed by atoms with van der Waals surface area (Å²) in [7, 11) is -5.04. The third kappa shape index (κ3) is 3.54. The van der Waals surface area contributed by atoms with Crippen LogP contribution in [0.25, 0.3) is 0 Å². The number of nitrogens with zero attached hydrogens (tertiary/aromatic N) is 4. The highest BCUT2D eigenvalue weighted by molar-refractivity contribution is 7.91. The molecule has 0 aliphatic rings. The van der Waals surface area contributed by atoms with Crippen LogP contribution in [0.5, 0.6) is 0 Å². The monoisotopic (exact) mass is 394 g/mol. The molecule has 1 amide bonds. The van der Waals surface area contributed by atoms with Crippen LogP contribution in [-0.2, 0) is 16.0 Å². The van der Waals surface area contributed by atoms with Gasteiger partial charge in [-0.2, -0.15) is 17.9 Å². The lowest BCUT2D eigenvalue weighted by molar-refractivity contribution is -0.140. The van der Waals surface area contributed by atoms with Crippen molar-refractivity contribution < 1.29 is 30.8 Å². The maximum absolute atomic E-state index is 14.1. The normalized spacial score (nSPS) is 12.2. The van der Waals surface area contributed by atoms with E-state index in [4.69, 9.17) is 0 Å². The smallest absolute Gasteiger partial charge is 0.323 e. The molecule has 0 aromatic carbocycles. The number of pyridine rings is 1. The van der Waals surface area contributed by atoms with Crippen molar-refractivity contribution in [1.29, 1.82) is 0 Å². The summed E-state index contributed by atoms with van der Waals surface area (Å²) in [6.45, 7) is 3.78. The molecule has 0 bridgehead atoms. The molecule has 0 saturated heterocycles. The van der Waals surface area contributed by atoms with Crippen molar-refractivity contribution in [3.63, 3.8) is 0 Å². The predicted octanol–water partition coefficient (Wildman–Crippen LogP) is 2.58. The molecule has 2 aromatic rings. The molecule has 12 heteroatoms. The van der Waals surface area contributed by atoms with Crippen LogP contribution in [0.2, 0.25) is 0 Å². The van der Waals surface area contributed by atoms with Crippen molar-refractivity contribution in [2.24, 2.45) is 0 Å². The molecule has 0 unspecified atom stereocenters. The largest absolute Gasteiger partial charge is 0.419 e. The van der Waals surface area contributed by atoms with Gasteiger partial charge in [0.25, 0.3) is 0 Å². The maximum Gasteiger partial charge on any atom is 0.419 e. The predicted molar refractivity (Wildman–Crippen MR) is 80.6 cm³/mol. The Morgan fingerprint density at radius 2 is 1.85 bits per heavy atom. The van der Waals surface area contributed by atoms with Gasteiger partial charge in [-0.05, 0) is 26.0 Å². The molecule has 0 aliphatic heterocycles. The van der Waals surface area contributed by atoms with E-state index in [2.05, 4.69) is 10.1 Å². The van der Waals surface area contributed by atoms with Crippen LogP contribution in [0.4, 0.5) is 22.4 Å². The van der Waals surface area contributed by atoms with Gasteiger partial charge in [-0.3, -0.25) is 0 Å². The van der Waals surface area contributed by atoms with Crippen molar-refractivity contribution in [3.8, 4) is 0 Å². The SMILES string of the molecule is CCN(CC)C(=O)n1cc(F)c(S(=O)(=O)c2ncccc2C(F)(F)F)n1. The summed E-state index contributed by atoms with van der Waals surface area (Å²) in [5, 5.41) is 0.667. The van der Waals surface area contributed by atoms with Gasteiger partial charge < -0.3 is 4.90 Å². The highest BCUT2D eigenvalue weighted by Gasteiger charge is 2.40. The fraction of sp³-hybridized carbons (Fsp3) is 0.357. The van der Waals surface area contributed by atoms with E-state index in [0.29, 0.717) is 16.9 Å². The first-order valence-electron chi connectivity index (χ1n) is 7.35. The maximum atomic E-state index is 14.1. The Balaban J connectivity index is 2.58. The molecule has 0 N–H and O–H groups in total. The zero-order valence-electron chi connectivity index (χ0n) is 13.7. The molecule has 0 fully saturated rings. The average Bonchev–Trinajstić information content (AvgIpc) is 2.97. The van der Waals surface area contributed by atoms with Gasteiger partial charge in [-0.15, -0.1) is 5.10 Å². The van der Waals surface area contributed by atoms with Crippen LogP contribution in [0.3, 0.4) is 0 Å². The molecule has 0 aliphatic carbocycles. The quantitative estimate of drug-likeness (QED) is 0.744. The number of aromatic nitrogens is 3. The molecule has 2 heterocycles. The van der Waals surface area contributed by atoms with E-state index in [0.717, 1.165) is 12.3 Å². The van der Waals surface area contributed by atoms with E-state index in [1.54, 1.807) is 13.8 Å². The fourth-order valence-corrected chi connectivity index (χ4v) is 3.53. The van der Waals surface area contributed by atoms with E-state index in [-0.39, 0.29) is 13.1 Å². The summed E-state index contributed by atoms with van der Waals surface area (Å²) in [6.07, 6.45) is -3.69. The van der Waals surface area contributed by atoms with E-state index in [1.807, 2.05) is 0 Å². The number of rotatable bonds is 4. The first-order valence-corrected chi connectivity index (χ1v) is 8.84. The zero-order chi connectivity index (χ0) is 19.7. The number of sulfone groups is 1. The third-order valence-electron chi connectivity index (χ3n) is 3.45. The number of amides is 1. The molecular formula is C14H14F4N4O3S. The lowest BCUT2D eigenvalue weighted by Crippen LogP contribution is -2.34. The Morgan fingerprint density at radius 3 is 2.38 bits per heavy atom. The molecule has 26 heavy (non-hydrogen) atoms. The minimum absolute atomic E-state index is 0.247. The van der Waals surface area contributed by atoms with Crippen LogP contribution in [0.1, 0.15) is 19.4 Å². The summed E-state index contributed by atoms with van der Waals surface area (Å²) in [5.74, 6) is -1.45. The van der Waals surface area contributed by atoms with Gasteiger partial charge in [0.05, 0.1) is 11.8 Å². The van der Waals surface area contributed by atoms with E-state index in [1.165, 1.54) is 4.90 Å². The molecule has 0 radical (unpaired) electrons. The second-order valence-electron chi connectivity index (χ2n) is 5.04. The van der Waals surface area contributed by atoms with E-state index < -0.39 is 43.5 Å². The summed E-state index contributed by atoms with van der Waals surface area (Å²) in [5.41, 5.74) is -1.55. The summed E-state index contributed by atoms with van der Waals surface area (Å²) < 4.78 is 78.6. The lowest BCUT2D eigenvalue weighted by atomic mass is 10.3. The second-order valence-corrected chi connectivity index (χ2v) is 6.82. The first kappa shape index (κ1) is 19.8. The van der Waals surface area contributed by atoms with Gasteiger partial charge in [0, 0.05) is 19.3 Å². The van der Waals surface area contributed by atoms with Crippen LogP contribution < -0.4 is 0 Å². The summed E-state index contributed by atoms with van der Waals surface area (Å²) in [6, 6.07) is 0.601. The number of carbonyl (C=O) groups excluding carboxylic acids is 1. The van der Waals surface area contributed by atoms with Gasteiger partial charge in [0.2, 0.25) is 14.9 Å². The van der Waals surface area contributed by atoms with Crippen LogP contribution in [0, 0.1) is 5.82 Å². The van der Waals surface area contributed by atoms with Gasteiger partial charge in [-0.1, -0.05) is 0 Å². The van der Waals surface area contributed by atoms with Crippen molar-refractivity contribution in [2.45, 2.75) is 30.1 Å². The molecule has 142 valence electrons. The zero-order valence-corrected chi connectivity index (χ0v) is 14.5. The molecule has 0 atom stereocenters. The molecule has 0 spiro atoms. The molecule has 2 rings (SSSR count). The Bertz CT molecular complexity index is 921. The topological polar surface area (TPSA) is 85.2 Å². The van der Waals surface area contributed by atoms with Crippen LogP contribution in [0.15, 0.2) is 34.6 Å². The minimum atomic E-state index is -5.04. The Hall–Kier alpha value is -2.50. The number of carbonyl (C=O) groups is 1. The van der Waals surface area contributed by atoms with Gasteiger partial charge in [-0.25, -0.2) is 22.6 Å². The number of hydrogen-bond acceptors (Lipinski definition) is 5. The highest BCUT2D eigenvalue weighted by atomic mass is 32.2. The number of hydrogen-bond donors (Lipinski definition) is 0. The highest BCUT2D eigenvalue weighted by Crippen LogP contribution is 2.35. The van der Waals surface area contributed by atoms with E-state index in [9.17, 15) is 30.8 Å². The molecule has 7 nitrogen and oxygen atoms in total.